The standard InChI is InChI=1S/C16H12BrNO2/c1-10-3-2-4-11-9-14(20-15(10)11)16(19)18-13-7-5-12(17)6-8-13/h2-9H,1H3,(H,18,19). The van der Waals surface area contributed by atoms with Crippen LogP contribution in [0, 0.1) is 6.92 Å². The summed E-state index contributed by atoms with van der Waals surface area (Å²) in [6.07, 6.45) is 0. The van der Waals surface area contributed by atoms with Crippen molar-refractivity contribution in [2.75, 3.05) is 5.32 Å². The molecule has 20 heavy (non-hydrogen) atoms. The van der Waals surface area contributed by atoms with Gasteiger partial charge in [0, 0.05) is 15.5 Å². The van der Waals surface area contributed by atoms with Crippen molar-refractivity contribution in [3.05, 3.63) is 64.3 Å². The summed E-state index contributed by atoms with van der Waals surface area (Å²) in [4.78, 5) is 12.2. The van der Waals surface area contributed by atoms with E-state index in [1.54, 1.807) is 6.07 Å². The summed E-state index contributed by atoms with van der Waals surface area (Å²) in [6, 6.07) is 15.0. The number of aryl methyl sites for hydroxylation is 1. The number of nitrogens with one attached hydrogen (secondary N) is 1. The van der Waals surface area contributed by atoms with Crippen LogP contribution in [0.25, 0.3) is 11.0 Å². The molecule has 3 nitrogen and oxygen atoms in total. The molecule has 0 bridgehead atoms. The fraction of sp³-hybridized carbons (Fsp3) is 0.0625. The molecule has 2 aromatic carbocycles. The van der Waals surface area contributed by atoms with Crippen LogP contribution in [-0.4, -0.2) is 5.91 Å². The molecule has 0 unspecified atom stereocenters. The highest BCUT2D eigenvalue weighted by molar-refractivity contribution is 9.10. The Bertz CT molecular complexity index is 775. The lowest BCUT2D eigenvalue weighted by Gasteiger charge is -2.02. The number of furan rings is 1. The van der Waals surface area contributed by atoms with Gasteiger partial charge in [0.25, 0.3) is 5.91 Å². The van der Waals surface area contributed by atoms with Crippen molar-refractivity contribution in [3.63, 3.8) is 0 Å². The SMILES string of the molecule is Cc1cccc2cc(C(=O)Nc3ccc(Br)cc3)oc12. The van der Waals surface area contributed by atoms with Gasteiger partial charge in [-0.1, -0.05) is 34.1 Å². The number of rotatable bonds is 2. The van der Waals surface area contributed by atoms with E-state index in [-0.39, 0.29) is 5.91 Å². The summed E-state index contributed by atoms with van der Waals surface area (Å²) in [6.45, 7) is 1.96. The van der Waals surface area contributed by atoms with Crippen LogP contribution in [0.3, 0.4) is 0 Å². The molecular weight excluding hydrogens is 318 g/mol. The Balaban J connectivity index is 1.89. The summed E-state index contributed by atoms with van der Waals surface area (Å²) >= 11 is 3.36. The van der Waals surface area contributed by atoms with Crippen LogP contribution in [0.4, 0.5) is 5.69 Å². The van der Waals surface area contributed by atoms with Gasteiger partial charge < -0.3 is 9.73 Å². The second kappa shape index (κ2) is 5.13. The van der Waals surface area contributed by atoms with Crippen LogP contribution in [0.2, 0.25) is 0 Å². The number of hydrogen-bond donors (Lipinski definition) is 1. The molecule has 1 amide bonds. The minimum Gasteiger partial charge on any atom is -0.451 e. The minimum atomic E-state index is -0.247. The number of benzene rings is 2. The van der Waals surface area contributed by atoms with Crippen molar-refractivity contribution in [1.82, 2.24) is 0 Å². The number of carbonyl (C=O) groups excluding carboxylic acids is 1. The third-order valence-electron chi connectivity index (χ3n) is 3.07. The van der Waals surface area contributed by atoms with Gasteiger partial charge in [0.2, 0.25) is 0 Å². The van der Waals surface area contributed by atoms with E-state index < -0.39 is 0 Å². The molecule has 0 atom stereocenters. The first-order chi connectivity index (χ1) is 9.63. The Morgan fingerprint density at radius 3 is 2.60 bits per heavy atom. The van der Waals surface area contributed by atoms with Gasteiger partial charge in [0.05, 0.1) is 0 Å². The van der Waals surface area contributed by atoms with Crippen molar-refractivity contribution in [2.45, 2.75) is 6.92 Å². The predicted molar refractivity (Wildman–Crippen MR) is 83.0 cm³/mol. The van der Waals surface area contributed by atoms with Gasteiger partial charge in [-0.15, -0.1) is 0 Å². The van der Waals surface area contributed by atoms with Gasteiger partial charge >= 0.3 is 0 Å². The van der Waals surface area contributed by atoms with Gasteiger partial charge in [-0.3, -0.25) is 4.79 Å². The molecule has 0 aliphatic heterocycles. The molecule has 4 heteroatoms. The Hall–Kier alpha value is -2.07. The molecule has 0 saturated heterocycles. The van der Waals surface area contributed by atoms with E-state index in [9.17, 15) is 4.79 Å². The Morgan fingerprint density at radius 1 is 1.15 bits per heavy atom. The fourth-order valence-corrected chi connectivity index (χ4v) is 2.31. The third kappa shape index (κ3) is 2.47. The van der Waals surface area contributed by atoms with E-state index in [1.165, 1.54) is 0 Å². The largest absolute Gasteiger partial charge is 0.451 e. The van der Waals surface area contributed by atoms with E-state index >= 15 is 0 Å². The summed E-state index contributed by atoms with van der Waals surface area (Å²) < 4.78 is 6.60. The third-order valence-corrected chi connectivity index (χ3v) is 3.60. The number of carbonyl (C=O) groups is 1. The molecule has 3 aromatic rings. The van der Waals surface area contributed by atoms with Gasteiger partial charge in [0.15, 0.2) is 5.76 Å². The van der Waals surface area contributed by atoms with Crippen molar-refractivity contribution >= 4 is 38.5 Å². The molecular formula is C16H12BrNO2. The highest BCUT2D eigenvalue weighted by atomic mass is 79.9. The van der Waals surface area contributed by atoms with Crippen LogP contribution < -0.4 is 5.32 Å². The lowest BCUT2D eigenvalue weighted by molar-refractivity contribution is 0.0998. The number of para-hydroxylation sites is 1. The Labute approximate surface area is 124 Å². The van der Waals surface area contributed by atoms with Crippen LogP contribution in [-0.2, 0) is 0 Å². The molecule has 0 radical (unpaired) electrons. The van der Waals surface area contributed by atoms with E-state index in [4.69, 9.17) is 4.42 Å². The predicted octanol–water partition coefficient (Wildman–Crippen LogP) is 4.76. The zero-order chi connectivity index (χ0) is 14.1. The zero-order valence-corrected chi connectivity index (χ0v) is 12.4. The second-order valence-electron chi connectivity index (χ2n) is 4.56. The first kappa shape index (κ1) is 12.9. The highest BCUT2D eigenvalue weighted by Crippen LogP contribution is 2.23. The molecule has 0 fully saturated rings. The number of hydrogen-bond acceptors (Lipinski definition) is 2. The first-order valence-corrected chi connectivity index (χ1v) is 6.99. The Kier molecular flexibility index (Phi) is 3.32. The average Bonchev–Trinajstić information content (AvgIpc) is 2.87. The van der Waals surface area contributed by atoms with E-state index in [0.29, 0.717) is 5.76 Å². The van der Waals surface area contributed by atoms with Gasteiger partial charge in [-0.25, -0.2) is 0 Å². The summed E-state index contributed by atoms with van der Waals surface area (Å²) in [7, 11) is 0. The normalized spacial score (nSPS) is 10.7. The fourth-order valence-electron chi connectivity index (χ4n) is 2.05. The van der Waals surface area contributed by atoms with Crippen molar-refractivity contribution in [1.29, 1.82) is 0 Å². The molecule has 1 aromatic heterocycles. The molecule has 1 N–H and O–H groups in total. The smallest absolute Gasteiger partial charge is 0.291 e. The topological polar surface area (TPSA) is 42.2 Å². The monoisotopic (exact) mass is 329 g/mol. The Morgan fingerprint density at radius 2 is 1.90 bits per heavy atom. The van der Waals surface area contributed by atoms with E-state index in [0.717, 1.165) is 26.7 Å². The summed E-state index contributed by atoms with van der Waals surface area (Å²) in [5.74, 6) is 0.0696. The maximum Gasteiger partial charge on any atom is 0.291 e. The molecule has 0 saturated carbocycles. The van der Waals surface area contributed by atoms with Crippen molar-refractivity contribution in [3.8, 4) is 0 Å². The molecule has 100 valence electrons. The summed E-state index contributed by atoms with van der Waals surface area (Å²) in [5, 5.41) is 3.75. The molecule has 1 heterocycles. The minimum absolute atomic E-state index is 0.247. The molecule has 0 spiro atoms. The number of fused-ring (bicyclic) bond motifs is 1. The number of halogens is 1. The molecule has 3 rings (SSSR count). The first-order valence-electron chi connectivity index (χ1n) is 6.19. The van der Waals surface area contributed by atoms with Crippen molar-refractivity contribution in [2.24, 2.45) is 0 Å². The maximum atomic E-state index is 12.2. The average molecular weight is 330 g/mol. The van der Waals surface area contributed by atoms with Crippen molar-refractivity contribution < 1.29 is 9.21 Å². The number of anilines is 1. The van der Waals surface area contributed by atoms with Gasteiger partial charge in [-0.05, 0) is 42.8 Å². The quantitative estimate of drug-likeness (QED) is 0.736. The zero-order valence-electron chi connectivity index (χ0n) is 10.8. The molecule has 0 aliphatic rings. The van der Waals surface area contributed by atoms with Crippen LogP contribution in [0.15, 0.2) is 57.4 Å². The number of amides is 1. The lowest BCUT2D eigenvalue weighted by Crippen LogP contribution is -2.10. The van der Waals surface area contributed by atoms with Gasteiger partial charge in [0.1, 0.15) is 5.58 Å². The highest BCUT2D eigenvalue weighted by Gasteiger charge is 2.13. The van der Waals surface area contributed by atoms with Crippen LogP contribution in [0.1, 0.15) is 16.1 Å². The van der Waals surface area contributed by atoms with E-state index in [2.05, 4.69) is 21.2 Å². The van der Waals surface area contributed by atoms with Crippen LogP contribution in [0.5, 0.6) is 0 Å². The van der Waals surface area contributed by atoms with E-state index in [1.807, 2.05) is 49.4 Å². The van der Waals surface area contributed by atoms with Gasteiger partial charge in [-0.2, -0.15) is 0 Å². The second-order valence-corrected chi connectivity index (χ2v) is 5.48. The lowest BCUT2D eigenvalue weighted by atomic mass is 10.2. The molecule has 0 aliphatic carbocycles. The summed E-state index contributed by atoms with van der Waals surface area (Å²) in [5.41, 5.74) is 2.51. The maximum absolute atomic E-state index is 12.2. The van der Waals surface area contributed by atoms with Crippen LogP contribution >= 0.6 is 15.9 Å².